The summed E-state index contributed by atoms with van der Waals surface area (Å²) in [5.41, 5.74) is 1.82. The van der Waals surface area contributed by atoms with Crippen LogP contribution in [-0.2, 0) is 21.2 Å². The second-order valence-corrected chi connectivity index (χ2v) is 7.99. The van der Waals surface area contributed by atoms with Gasteiger partial charge in [-0.3, -0.25) is 4.79 Å². The van der Waals surface area contributed by atoms with Crippen molar-refractivity contribution in [3.63, 3.8) is 0 Å². The van der Waals surface area contributed by atoms with Crippen molar-refractivity contribution in [2.45, 2.75) is 50.5 Å². The fourth-order valence-corrected chi connectivity index (χ4v) is 4.14. The minimum absolute atomic E-state index is 0.102. The molecule has 1 aromatic carbocycles. The lowest BCUT2D eigenvalue weighted by atomic mass is 10.1. The molecule has 1 N–H and O–H groups in total. The molecule has 1 atom stereocenters. The SMILES string of the molecule is CCCNS(=O)(=O)c1ccc2c(c1)CC(C)N2C(=O)C1CC1. The Morgan fingerprint density at radius 2 is 2.09 bits per heavy atom. The van der Waals surface area contributed by atoms with Crippen molar-refractivity contribution in [1.29, 1.82) is 0 Å². The van der Waals surface area contributed by atoms with Crippen LogP contribution in [0.4, 0.5) is 5.69 Å². The lowest BCUT2D eigenvalue weighted by molar-refractivity contribution is -0.120. The molecule has 1 amide bonds. The van der Waals surface area contributed by atoms with E-state index in [2.05, 4.69) is 4.72 Å². The Bertz CT molecular complexity index is 695. The highest BCUT2D eigenvalue weighted by Crippen LogP contribution is 2.39. The van der Waals surface area contributed by atoms with Gasteiger partial charge in [0.15, 0.2) is 0 Å². The van der Waals surface area contributed by atoms with Crippen LogP contribution >= 0.6 is 0 Å². The van der Waals surface area contributed by atoms with Crippen molar-refractivity contribution in [1.82, 2.24) is 4.72 Å². The van der Waals surface area contributed by atoms with Gasteiger partial charge < -0.3 is 4.90 Å². The smallest absolute Gasteiger partial charge is 0.240 e. The maximum atomic E-state index is 12.4. The molecule has 0 radical (unpaired) electrons. The number of fused-ring (bicyclic) bond motifs is 1. The van der Waals surface area contributed by atoms with E-state index in [1.54, 1.807) is 18.2 Å². The maximum absolute atomic E-state index is 12.4. The summed E-state index contributed by atoms with van der Waals surface area (Å²) in [6.07, 6.45) is 3.42. The molecule has 3 rings (SSSR count). The van der Waals surface area contributed by atoms with Gasteiger partial charge in [-0.2, -0.15) is 0 Å². The second kappa shape index (κ2) is 5.66. The molecule has 5 nitrogen and oxygen atoms in total. The summed E-state index contributed by atoms with van der Waals surface area (Å²) in [4.78, 5) is 14.5. The van der Waals surface area contributed by atoms with Crippen molar-refractivity contribution in [2.75, 3.05) is 11.4 Å². The summed E-state index contributed by atoms with van der Waals surface area (Å²) < 4.78 is 27.0. The first-order valence-electron chi connectivity index (χ1n) is 7.89. The van der Waals surface area contributed by atoms with Crippen molar-refractivity contribution >= 4 is 21.6 Å². The van der Waals surface area contributed by atoms with E-state index < -0.39 is 10.0 Å². The van der Waals surface area contributed by atoms with Gasteiger partial charge in [0.1, 0.15) is 0 Å². The molecule has 1 unspecified atom stereocenters. The van der Waals surface area contributed by atoms with Crippen LogP contribution in [0.5, 0.6) is 0 Å². The highest BCUT2D eigenvalue weighted by atomic mass is 32.2. The van der Waals surface area contributed by atoms with Gasteiger partial charge in [0.2, 0.25) is 15.9 Å². The summed E-state index contributed by atoms with van der Waals surface area (Å²) in [7, 11) is -3.46. The van der Waals surface area contributed by atoms with E-state index in [9.17, 15) is 13.2 Å². The van der Waals surface area contributed by atoms with Gasteiger partial charge in [-0.05, 0) is 56.4 Å². The Labute approximate surface area is 131 Å². The number of hydrogen-bond acceptors (Lipinski definition) is 3. The third kappa shape index (κ3) is 2.77. The Hall–Kier alpha value is -1.40. The van der Waals surface area contributed by atoms with Gasteiger partial charge in [0.05, 0.1) is 4.90 Å². The van der Waals surface area contributed by atoms with E-state index in [-0.39, 0.29) is 22.8 Å². The van der Waals surface area contributed by atoms with Crippen molar-refractivity contribution in [3.05, 3.63) is 23.8 Å². The molecule has 22 heavy (non-hydrogen) atoms. The van der Waals surface area contributed by atoms with Crippen LogP contribution < -0.4 is 9.62 Å². The van der Waals surface area contributed by atoms with Gasteiger partial charge in [-0.25, -0.2) is 13.1 Å². The zero-order chi connectivity index (χ0) is 15.9. The Kier molecular flexibility index (Phi) is 3.99. The fraction of sp³-hybridized carbons (Fsp3) is 0.562. The topological polar surface area (TPSA) is 66.5 Å². The molecule has 6 heteroatoms. The molecule has 1 fully saturated rings. The molecule has 0 saturated heterocycles. The van der Waals surface area contributed by atoms with Crippen LogP contribution in [0, 0.1) is 5.92 Å². The predicted molar refractivity (Wildman–Crippen MR) is 85.3 cm³/mol. The summed E-state index contributed by atoms with van der Waals surface area (Å²) in [5.74, 6) is 0.356. The normalized spacial score (nSPS) is 21.0. The number of rotatable bonds is 5. The number of hydrogen-bond donors (Lipinski definition) is 1. The number of sulfonamides is 1. The summed E-state index contributed by atoms with van der Waals surface area (Å²) in [6.45, 7) is 4.38. The van der Waals surface area contributed by atoms with Gasteiger partial charge in [-0.1, -0.05) is 6.92 Å². The Morgan fingerprint density at radius 3 is 2.73 bits per heavy atom. The van der Waals surface area contributed by atoms with Crippen molar-refractivity contribution < 1.29 is 13.2 Å². The average Bonchev–Trinajstić information content (AvgIpc) is 3.26. The molecule has 0 bridgehead atoms. The standard InChI is InChI=1S/C16H22N2O3S/c1-3-8-17-22(20,21)14-6-7-15-13(10-14)9-11(2)18(15)16(19)12-4-5-12/h6-7,10-12,17H,3-5,8-9H2,1-2H3. The summed E-state index contributed by atoms with van der Waals surface area (Å²) >= 11 is 0. The van der Waals surface area contributed by atoms with Crippen molar-refractivity contribution in [2.24, 2.45) is 5.92 Å². The van der Waals surface area contributed by atoms with E-state index in [0.717, 1.165) is 30.5 Å². The predicted octanol–water partition coefficient (Wildman–Crippen LogP) is 2.06. The molecule has 1 aliphatic heterocycles. The van der Waals surface area contributed by atoms with Crippen LogP contribution in [0.3, 0.4) is 0 Å². The molecule has 1 heterocycles. The van der Waals surface area contributed by atoms with E-state index in [1.165, 1.54) is 0 Å². The molecule has 1 saturated carbocycles. The number of nitrogens with one attached hydrogen (secondary N) is 1. The number of nitrogens with zero attached hydrogens (tertiary/aromatic N) is 1. The molecular weight excluding hydrogens is 300 g/mol. The zero-order valence-corrected chi connectivity index (χ0v) is 13.8. The van der Waals surface area contributed by atoms with Crippen LogP contribution in [0.15, 0.2) is 23.1 Å². The maximum Gasteiger partial charge on any atom is 0.240 e. The van der Waals surface area contributed by atoms with Gasteiger partial charge >= 0.3 is 0 Å². The zero-order valence-electron chi connectivity index (χ0n) is 13.0. The number of carbonyl (C=O) groups is 1. The largest absolute Gasteiger partial charge is 0.309 e. The van der Waals surface area contributed by atoms with Crippen molar-refractivity contribution in [3.8, 4) is 0 Å². The second-order valence-electron chi connectivity index (χ2n) is 6.22. The van der Waals surface area contributed by atoms with Crippen LogP contribution in [0.2, 0.25) is 0 Å². The first kappa shape index (κ1) is 15.5. The quantitative estimate of drug-likeness (QED) is 0.902. The molecule has 1 aliphatic carbocycles. The van der Waals surface area contributed by atoms with E-state index in [0.29, 0.717) is 13.0 Å². The first-order valence-corrected chi connectivity index (χ1v) is 9.38. The number of carbonyl (C=O) groups excluding carboxylic acids is 1. The molecule has 0 spiro atoms. The van der Waals surface area contributed by atoms with E-state index >= 15 is 0 Å². The fourth-order valence-electron chi connectivity index (χ4n) is 2.96. The molecular formula is C16H22N2O3S. The molecule has 120 valence electrons. The summed E-state index contributed by atoms with van der Waals surface area (Å²) in [5, 5.41) is 0. The van der Waals surface area contributed by atoms with Gasteiger partial charge in [0.25, 0.3) is 0 Å². The summed E-state index contributed by atoms with van der Waals surface area (Å²) in [6, 6.07) is 5.19. The third-order valence-electron chi connectivity index (χ3n) is 4.28. The van der Waals surface area contributed by atoms with Crippen LogP contribution in [0.1, 0.15) is 38.7 Å². The lowest BCUT2D eigenvalue weighted by Crippen LogP contribution is -2.36. The minimum atomic E-state index is -3.46. The van der Waals surface area contributed by atoms with Crippen LogP contribution in [0.25, 0.3) is 0 Å². The minimum Gasteiger partial charge on any atom is -0.309 e. The average molecular weight is 322 g/mol. The van der Waals surface area contributed by atoms with Gasteiger partial charge in [-0.15, -0.1) is 0 Å². The molecule has 2 aliphatic rings. The van der Waals surface area contributed by atoms with E-state index in [1.807, 2.05) is 18.7 Å². The van der Waals surface area contributed by atoms with Gasteiger partial charge in [0, 0.05) is 24.2 Å². The highest BCUT2D eigenvalue weighted by molar-refractivity contribution is 7.89. The highest BCUT2D eigenvalue weighted by Gasteiger charge is 2.39. The number of benzene rings is 1. The lowest BCUT2D eigenvalue weighted by Gasteiger charge is -2.22. The number of amides is 1. The number of anilines is 1. The Balaban J connectivity index is 1.89. The third-order valence-corrected chi connectivity index (χ3v) is 5.74. The first-order chi connectivity index (χ1) is 10.4. The van der Waals surface area contributed by atoms with E-state index in [4.69, 9.17) is 0 Å². The monoisotopic (exact) mass is 322 g/mol. The molecule has 0 aromatic heterocycles. The van der Waals surface area contributed by atoms with Crippen LogP contribution in [-0.4, -0.2) is 26.9 Å². The Morgan fingerprint density at radius 1 is 1.36 bits per heavy atom. The molecule has 1 aromatic rings.